The van der Waals surface area contributed by atoms with E-state index < -0.39 is 0 Å². The van der Waals surface area contributed by atoms with E-state index in [0.29, 0.717) is 13.1 Å². The summed E-state index contributed by atoms with van der Waals surface area (Å²) in [5.41, 5.74) is 0. The molecule has 1 aromatic heterocycles. The quantitative estimate of drug-likeness (QED) is 0.752. The molecule has 0 radical (unpaired) electrons. The molecule has 2 amide bonds. The minimum Gasteiger partial charge on any atom is -0.350 e. The minimum atomic E-state index is -0.138. The van der Waals surface area contributed by atoms with Gasteiger partial charge in [0, 0.05) is 44.1 Å². The first kappa shape index (κ1) is 19.9. The Balaban J connectivity index is 1.73. The molecule has 7 heteroatoms. The minimum absolute atomic E-state index is 0.0704. The van der Waals surface area contributed by atoms with Crippen molar-refractivity contribution in [2.45, 2.75) is 33.4 Å². The van der Waals surface area contributed by atoms with Crippen LogP contribution in [-0.2, 0) is 16.1 Å². The van der Waals surface area contributed by atoms with Crippen LogP contribution in [-0.4, -0.2) is 78.4 Å². The predicted octanol–water partition coefficient (Wildman–Crippen LogP) is 1.24. The number of nitrogens with one attached hydrogen (secondary N) is 1. The summed E-state index contributed by atoms with van der Waals surface area (Å²) in [5.74, 6) is 0.265. The van der Waals surface area contributed by atoms with E-state index in [0.717, 1.165) is 39.3 Å². The summed E-state index contributed by atoms with van der Waals surface area (Å²) < 4.78 is 0. The molecular formula is C18H30N4O2S. The predicted molar refractivity (Wildman–Crippen MR) is 102 cm³/mol. The molecule has 25 heavy (non-hydrogen) atoms. The number of thiophene rings is 1. The van der Waals surface area contributed by atoms with Crippen molar-refractivity contribution in [2.75, 3.05) is 45.8 Å². The van der Waals surface area contributed by atoms with E-state index in [1.165, 1.54) is 4.88 Å². The van der Waals surface area contributed by atoms with Crippen molar-refractivity contribution in [1.82, 2.24) is 20.0 Å². The van der Waals surface area contributed by atoms with Gasteiger partial charge in [0.1, 0.15) is 0 Å². The number of piperazine rings is 1. The highest BCUT2D eigenvalue weighted by Gasteiger charge is 2.26. The van der Waals surface area contributed by atoms with Gasteiger partial charge in [-0.3, -0.25) is 19.4 Å². The third-order valence-corrected chi connectivity index (χ3v) is 5.70. The molecule has 0 aliphatic carbocycles. The number of amides is 2. The maximum Gasteiger partial charge on any atom is 0.237 e. The molecule has 1 aliphatic rings. The lowest BCUT2D eigenvalue weighted by atomic mass is 10.2. The van der Waals surface area contributed by atoms with Gasteiger partial charge in [-0.1, -0.05) is 6.07 Å². The molecule has 1 N–H and O–H groups in total. The molecule has 140 valence electrons. The molecule has 1 saturated heterocycles. The Hall–Kier alpha value is -1.44. The highest BCUT2D eigenvalue weighted by molar-refractivity contribution is 7.09. The maximum absolute atomic E-state index is 12.3. The van der Waals surface area contributed by atoms with Crippen molar-refractivity contribution in [3.63, 3.8) is 0 Å². The molecular weight excluding hydrogens is 336 g/mol. The first-order chi connectivity index (χ1) is 12.0. The number of hydrogen-bond donors (Lipinski definition) is 1. The molecule has 0 spiro atoms. The van der Waals surface area contributed by atoms with Gasteiger partial charge in [-0.15, -0.1) is 11.3 Å². The van der Waals surface area contributed by atoms with E-state index in [4.69, 9.17) is 0 Å². The molecule has 2 heterocycles. The van der Waals surface area contributed by atoms with Crippen LogP contribution in [0.1, 0.15) is 25.6 Å². The number of carbonyl (C=O) groups excluding carboxylic acids is 2. The van der Waals surface area contributed by atoms with Gasteiger partial charge in [0.05, 0.1) is 19.1 Å². The Morgan fingerprint density at radius 1 is 1.24 bits per heavy atom. The highest BCUT2D eigenvalue weighted by Crippen LogP contribution is 2.10. The molecule has 0 bridgehead atoms. The first-order valence-electron chi connectivity index (χ1n) is 9.09. The van der Waals surface area contributed by atoms with Crippen molar-refractivity contribution in [3.8, 4) is 0 Å². The standard InChI is InChI=1S/C18H30N4O2S/c1-4-21(5-2)17(23)14-20-8-10-22(11-9-20)15(3)18(24)19-13-16-7-6-12-25-16/h6-7,12,15H,4-5,8-11,13-14H2,1-3H3,(H,19,24). The lowest BCUT2D eigenvalue weighted by Gasteiger charge is -2.37. The Morgan fingerprint density at radius 2 is 1.92 bits per heavy atom. The van der Waals surface area contributed by atoms with Crippen molar-refractivity contribution in [2.24, 2.45) is 0 Å². The monoisotopic (exact) mass is 366 g/mol. The topological polar surface area (TPSA) is 55.9 Å². The molecule has 0 aromatic carbocycles. The molecule has 1 aliphatic heterocycles. The zero-order chi connectivity index (χ0) is 18.2. The Bertz CT molecular complexity index is 537. The number of likely N-dealkylation sites (N-methyl/N-ethyl adjacent to an activating group) is 1. The zero-order valence-electron chi connectivity index (χ0n) is 15.5. The van der Waals surface area contributed by atoms with Crippen LogP contribution >= 0.6 is 11.3 Å². The average molecular weight is 367 g/mol. The van der Waals surface area contributed by atoms with Crippen LogP contribution < -0.4 is 5.32 Å². The number of nitrogens with zero attached hydrogens (tertiary/aromatic N) is 3. The van der Waals surface area contributed by atoms with Crippen LogP contribution in [0.15, 0.2) is 17.5 Å². The van der Waals surface area contributed by atoms with Crippen LogP contribution in [0, 0.1) is 0 Å². The largest absolute Gasteiger partial charge is 0.350 e. The summed E-state index contributed by atoms with van der Waals surface area (Å²) >= 11 is 1.65. The SMILES string of the molecule is CCN(CC)C(=O)CN1CCN(C(C)C(=O)NCc2cccs2)CC1. The molecule has 6 nitrogen and oxygen atoms in total. The van der Waals surface area contributed by atoms with E-state index in [9.17, 15) is 9.59 Å². The summed E-state index contributed by atoms with van der Waals surface area (Å²) in [4.78, 5) is 32.0. The molecule has 1 fully saturated rings. The van der Waals surface area contributed by atoms with Gasteiger partial charge in [-0.25, -0.2) is 0 Å². The third-order valence-electron chi connectivity index (χ3n) is 4.83. The summed E-state index contributed by atoms with van der Waals surface area (Å²) in [5, 5.41) is 5.03. The smallest absolute Gasteiger partial charge is 0.237 e. The lowest BCUT2D eigenvalue weighted by molar-refractivity contribution is -0.133. The van der Waals surface area contributed by atoms with E-state index >= 15 is 0 Å². The van der Waals surface area contributed by atoms with Crippen molar-refractivity contribution < 1.29 is 9.59 Å². The maximum atomic E-state index is 12.3. The number of hydrogen-bond acceptors (Lipinski definition) is 5. The van der Waals surface area contributed by atoms with E-state index in [1.54, 1.807) is 11.3 Å². The Kier molecular flexibility index (Phi) is 7.87. The van der Waals surface area contributed by atoms with Crippen molar-refractivity contribution >= 4 is 23.2 Å². The fourth-order valence-corrected chi connectivity index (χ4v) is 3.72. The normalized spacial score (nSPS) is 17.2. The Morgan fingerprint density at radius 3 is 2.48 bits per heavy atom. The van der Waals surface area contributed by atoms with Crippen LogP contribution in [0.5, 0.6) is 0 Å². The van der Waals surface area contributed by atoms with Gasteiger partial charge in [-0.2, -0.15) is 0 Å². The molecule has 0 saturated carbocycles. The summed E-state index contributed by atoms with van der Waals surface area (Å²) in [6.07, 6.45) is 0. The third kappa shape index (κ3) is 5.80. The molecule has 1 aromatic rings. The molecule has 1 unspecified atom stereocenters. The van der Waals surface area contributed by atoms with Crippen LogP contribution in [0.4, 0.5) is 0 Å². The fourth-order valence-electron chi connectivity index (χ4n) is 3.08. The Labute approximate surface area is 154 Å². The lowest BCUT2D eigenvalue weighted by Crippen LogP contribution is -2.55. The molecule has 2 rings (SSSR count). The van der Waals surface area contributed by atoms with E-state index in [-0.39, 0.29) is 17.9 Å². The zero-order valence-corrected chi connectivity index (χ0v) is 16.3. The van der Waals surface area contributed by atoms with Crippen molar-refractivity contribution in [3.05, 3.63) is 22.4 Å². The average Bonchev–Trinajstić information content (AvgIpc) is 3.14. The van der Waals surface area contributed by atoms with Crippen LogP contribution in [0.2, 0.25) is 0 Å². The fraction of sp³-hybridized carbons (Fsp3) is 0.667. The van der Waals surface area contributed by atoms with Crippen molar-refractivity contribution in [1.29, 1.82) is 0 Å². The number of carbonyl (C=O) groups is 2. The number of rotatable bonds is 8. The highest BCUT2D eigenvalue weighted by atomic mass is 32.1. The van der Waals surface area contributed by atoms with Gasteiger partial charge < -0.3 is 10.2 Å². The van der Waals surface area contributed by atoms with E-state index in [2.05, 4.69) is 15.1 Å². The van der Waals surface area contributed by atoms with Gasteiger partial charge in [0.15, 0.2) is 0 Å². The summed E-state index contributed by atoms with van der Waals surface area (Å²) in [6, 6.07) is 3.89. The summed E-state index contributed by atoms with van der Waals surface area (Å²) in [7, 11) is 0. The van der Waals surface area contributed by atoms with Gasteiger partial charge in [0.25, 0.3) is 0 Å². The van der Waals surface area contributed by atoms with E-state index in [1.807, 2.05) is 43.2 Å². The van der Waals surface area contributed by atoms with Gasteiger partial charge in [-0.05, 0) is 32.2 Å². The second-order valence-electron chi connectivity index (χ2n) is 6.35. The second kappa shape index (κ2) is 9.89. The van der Waals surface area contributed by atoms with Crippen LogP contribution in [0.25, 0.3) is 0 Å². The van der Waals surface area contributed by atoms with Gasteiger partial charge >= 0.3 is 0 Å². The summed E-state index contributed by atoms with van der Waals surface area (Å²) in [6.45, 7) is 11.9. The second-order valence-corrected chi connectivity index (χ2v) is 7.38. The van der Waals surface area contributed by atoms with Crippen LogP contribution in [0.3, 0.4) is 0 Å². The first-order valence-corrected chi connectivity index (χ1v) is 9.97. The van der Waals surface area contributed by atoms with Gasteiger partial charge in [0.2, 0.25) is 11.8 Å². The molecule has 1 atom stereocenters.